The molecule has 90 valence electrons. The van der Waals surface area contributed by atoms with Crippen LogP contribution in [0.5, 0.6) is 0 Å². The van der Waals surface area contributed by atoms with Gasteiger partial charge in [0, 0.05) is 17.5 Å². The van der Waals surface area contributed by atoms with Crippen LogP contribution in [-0.4, -0.2) is 36.6 Å². The summed E-state index contributed by atoms with van der Waals surface area (Å²) in [5.74, 6) is -0.140. The average Bonchev–Trinajstić information content (AvgIpc) is 2.63. The van der Waals surface area contributed by atoms with Crippen molar-refractivity contribution in [2.75, 3.05) is 20.7 Å². The van der Waals surface area contributed by atoms with Crippen LogP contribution in [0.15, 0.2) is 5.38 Å². The molecule has 0 spiro atoms. The number of hydrogen-bond acceptors (Lipinski definition) is 5. The van der Waals surface area contributed by atoms with Gasteiger partial charge >= 0.3 is 5.97 Å². The SMILES string of the molecule is COC(=O)CCCN(C)Cc1nc(C)cs1. The van der Waals surface area contributed by atoms with E-state index in [-0.39, 0.29) is 5.97 Å². The number of ether oxygens (including phenoxy) is 1. The molecule has 1 rings (SSSR count). The van der Waals surface area contributed by atoms with Gasteiger partial charge in [0.25, 0.3) is 0 Å². The number of methoxy groups -OCH3 is 1. The highest BCUT2D eigenvalue weighted by molar-refractivity contribution is 7.09. The van der Waals surface area contributed by atoms with E-state index in [4.69, 9.17) is 0 Å². The molecule has 0 unspecified atom stereocenters. The molecule has 1 aromatic heterocycles. The van der Waals surface area contributed by atoms with Gasteiger partial charge in [-0.3, -0.25) is 9.69 Å². The summed E-state index contributed by atoms with van der Waals surface area (Å²) < 4.78 is 4.59. The molecular weight excluding hydrogens is 224 g/mol. The van der Waals surface area contributed by atoms with E-state index in [9.17, 15) is 4.79 Å². The van der Waals surface area contributed by atoms with Gasteiger partial charge in [-0.25, -0.2) is 4.98 Å². The molecule has 5 heteroatoms. The molecule has 0 saturated carbocycles. The van der Waals surface area contributed by atoms with Crippen molar-refractivity contribution in [2.24, 2.45) is 0 Å². The Morgan fingerprint density at radius 3 is 2.94 bits per heavy atom. The van der Waals surface area contributed by atoms with Crippen LogP contribution in [0.1, 0.15) is 23.5 Å². The van der Waals surface area contributed by atoms with Crippen LogP contribution in [0.3, 0.4) is 0 Å². The van der Waals surface area contributed by atoms with Gasteiger partial charge < -0.3 is 4.74 Å². The van der Waals surface area contributed by atoms with Crippen molar-refractivity contribution in [1.82, 2.24) is 9.88 Å². The van der Waals surface area contributed by atoms with Gasteiger partial charge in [-0.05, 0) is 26.9 Å². The Morgan fingerprint density at radius 2 is 2.38 bits per heavy atom. The van der Waals surface area contributed by atoms with Crippen LogP contribution in [0.25, 0.3) is 0 Å². The van der Waals surface area contributed by atoms with Crippen molar-refractivity contribution < 1.29 is 9.53 Å². The Morgan fingerprint density at radius 1 is 1.62 bits per heavy atom. The van der Waals surface area contributed by atoms with Gasteiger partial charge in [0.2, 0.25) is 0 Å². The molecule has 0 bridgehead atoms. The maximum atomic E-state index is 10.9. The number of rotatable bonds is 6. The molecule has 16 heavy (non-hydrogen) atoms. The molecule has 0 amide bonds. The molecular formula is C11H18N2O2S. The number of thiazole rings is 1. The van der Waals surface area contributed by atoms with Crippen LogP contribution in [0, 0.1) is 6.92 Å². The van der Waals surface area contributed by atoms with Crippen molar-refractivity contribution in [3.63, 3.8) is 0 Å². The first-order valence-electron chi connectivity index (χ1n) is 5.28. The quantitative estimate of drug-likeness (QED) is 0.714. The molecule has 0 saturated heterocycles. The van der Waals surface area contributed by atoms with Crippen molar-refractivity contribution in [1.29, 1.82) is 0 Å². The molecule has 4 nitrogen and oxygen atoms in total. The Kier molecular flexibility index (Phi) is 5.42. The van der Waals surface area contributed by atoms with Gasteiger partial charge in [-0.1, -0.05) is 0 Å². The fourth-order valence-electron chi connectivity index (χ4n) is 1.38. The molecule has 0 aromatic carbocycles. The molecule has 1 aromatic rings. The maximum Gasteiger partial charge on any atom is 0.305 e. The molecule has 0 fully saturated rings. The zero-order valence-electron chi connectivity index (χ0n) is 10.0. The minimum Gasteiger partial charge on any atom is -0.469 e. The predicted octanol–water partition coefficient (Wildman–Crippen LogP) is 1.84. The van der Waals surface area contributed by atoms with Gasteiger partial charge in [0.05, 0.1) is 13.7 Å². The molecule has 0 aliphatic heterocycles. The minimum absolute atomic E-state index is 0.140. The van der Waals surface area contributed by atoms with Crippen LogP contribution in [-0.2, 0) is 16.1 Å². The van der Waals surface area contributed by atoms with E-state index in [1.807, 2.05) is 14.0 Å². The molecule has 0 aliphatic rings. The largest absolute Gasteiger partial charge is 0.469 e. The number of nitrogens with zero attached hydrogens (tertiary/aromatic N) is 2. The van der Waals surface area contributed by atoms with E-state index in [1.54, 1.807) is 11.3 Å². The van der Waals surface area contributed by atoms with Gasteiger partial charge in [-0.15, -0.1) is 11.3 Å². The normalized spacial score (nSPS) is 10.8. The second-order valence-electron chi connectivity index (χ2n) is 3.80. The smallest absolute Gasteiger partial charge is 0.305 e. The van der Waals surface area contributed by atoms with E-state index in [0.29, 0.717) is 6.42 Å². The lowest BCUT2D eigenvalue weighted by molar-refractivity contribution is -0.140. The lowest BCUT2D eigenvalue weighted by atomic mass is 10.3. The van der Waals surface area contributed by atoms with Gasteiger partial charge in [-0.2, -0.15) is 0 Å². The third kappa shape index (κ3) is 4.72. The second-order valence-corrected chi connectivity index (χ2v) is 4.74. The number of aromatic nitrogens is 1. The highest BCUT2D eigenvalue weighted by Gasteiger charge is 2.05. The molecule has 0 radical (unpaired) electrons. The third-order valence-corrected chi connectivity index (χ3v) is 3.17. The summed E-state index contributed by atoms with van der Waals surface area (Å²) in [5.41, 5.74) is 1.07. The summed E-state index contributed by atoms with van der Waals surface area (Å²) in [6.45, 7) is 3.73. The van der Waals surface area contributed by atoms with Gasteiger partial charge in [0.15, 0.2) is 0 Å². The number of carbonyl (C=O) groups is 1. The highest BCUT2D eigenvalue weighted by atomic mass is 32.1. The Hall–Kier alpha value is -0.940. The Bertz CT molecular complexity index is 338. The van der Waals surface area contributed by atoms with Crippen LogP contribution in [0.2, 0.25) is 0 Å². The highest BCUT2D eigenvalue weighted by Crippen LogP contribution is 2.11. The zero-order valence-corrected chi connectivity index (χ0v) is 10.8. The van der Waals surface area contributed by atoms with Crippen LogP contribution in [0.4, 0.5) is 0 Å². The fourth-order valence-corrected chi connectivity index (χ4v) is 2.23. The molecule has 1 heterocycles. The zero-order chi connectivity index (χ0) is 12.0. The fraction of sp³-hybridized carbons (Fsp3) is 0.636. The van der Waals surface area contributed by atoms with Crippen molar-refractivity contribution in [3.8, 4) is 0 Å². The first-order valence-corrected chi connectivity index (χ1v) is 6.16. The summed E-state index contributed by atoms with van der Waals surface area (Å²) >= 11 is 1.68. The average molecular weight is 242 g/mol. The van der Waals surface area contributed by atoms with Crippen LogP contribution >= 0.6 is 11.3 Å². The number of carbonyl (C=O) groups excluding carboxylic acids is 1. The Balaban J connectivity index is 2.20. The summed E-state index contributed by atoms with van der Waals surface area (Å²) in [4.78, 5) is 17.5. The van der Waals surface area contributed by atoms with E-state index in [1.165, 1.54) is 7.11 Å². The standard InChI is InChI=1S/C11H18N2O2S/c1-9-8-16-10(12-9)7-13(2)6-4-5-11(14)15-3/h8H,4-7H2,1-3H3. The van der Waals surface area contributed by atoms with E-state index in [0.717, 1.165) is 30.2 Å². The molecule has 0 atom stereocenters. The first kappa shape index (κ1) is 13.1. The Labute approximate surface area is 100 Å². The summed E-state index contributed by atoms with van der Waals surface area (Å²) in [7, 11) is 3.46. The molecule has 0 aliphatic carbocycles. The lowest BCUT2D eigenvalue weighted by Crippen LogP contribution is -2.19. The summed E-state index contributed by atoms with van der Waals surface area (Å²) in [6, 6.07) is 0. The van der Waals surface area contributed by atoms with Crippen molar-refractivity contribution in [2.45, 2.75) is 26.3 Å². The summed E-state index contributed by atoms with van der Waals surface area (Å²) in [5, 5.41) is 3.18. The number of hydrogen-bond donors (Lipinski definition) is 0. The molecule has 0 N–H and O–H groups in total. The van der Waals surface area contributed by atoms with Crippen LogP contribution < -0.4 is 0 Å². The second kappa shape index (κ2) is 6.60. The third-order valence-electron chi connectivity index (χ3n) is 2.22. The monoisotopic (exact) mass is 242 g/mol. The van der Waals surface area contributed by atoms with E-state index >= 15 is 0 Å². The lowest BCUT2D eigenvalue weighted by Gasteiger charge is -2.14. The number of aryl methyl sites for hydroxylation is 1. The van der Waals surface area contributed by atoms with E-state index in [2.05, 4.69) is 20.0 Å². The maximum absolute atomic E-state index is 10.9. The predicted molar refractivity (Wildman–Crippen MR) is 64.4 cm³/mol. The van der Waals surface area contributed by atoms with Crippen molar-refractivity contribution in [3.05, 3.63) is 16.1 Å². The minimum atomic E-state index is -0.140. The van der Waals surface area contributed by atoms with E-state index < -0.39 is 0 Å². The topological polar surface area (TPSA) is 42.4 Å². The number of esters is 1. The van der Waals surface area contributed by atoms with Gasteiger partial charge in [0.1, 0.15) is 5.01 Å². The van der Waals surface area contributed by atoms with Crippen molar-refractivity contribution >= 4 is 17.3 Å². The first-order chi connectivity index (χ1) is 7.61. The summed E-state index contributed by atoms with van der Waals surface area (Å²) in [6.07, 6.45) is 1.31.